The zero-order valence-electron chi connectivity index (χ0n) is 12.0. The normalized spacial score (nSPS) is 15.5. The van der Waals surface area contributed by atoms with Gasteiger partial charge in [-0.15, -0.1) is 0 Å². The van der Waals surface area contributed by atoms with E-state index in [2.05, 4.69) is 101 Å². The fraction of sp³-hybridized carbons (Fsp3) is 0.105. The molecule has 1 aliphatic rings. The van der Waals surface area contributed by atoms with E-state index in [0.29, 0.717) is 0 Å². The van der Waals surface area contributed by atoms with Crippen LogP contribution in [0, 0.1) is 0 Å². The van der Waals surface area contributed by atoms with Gasteiger partial charge in [0.15, 0.2) is 0 Å². The van der Waals surface area contributed by atoms with Gasteiger partial charge >= 0.3 is 0 Å². The van der Waals surface area contributed by atoms with Crippen molar-refractivity contribution in [2.75, 3.05) is 0 Å². The lowest BCUT2D eigenvalue weighted by Crippen LogP contribution is -2.30. The van der Waals surface area contributed by atoms with Gasteiger partial charge in [0.2, 0.25) is 0 Å². The second-order valence-electron chi connectivity index (χ2n) is 5.62. The Morgan fingerprint density at radius 3 is 2.09 bits per heavy atom. The van der Waals surface area contributed by atoms with E-state index in [0.717, 1.165) is 6.42 Å². The van der Waals surface area contributed by atoms with Crippen molar-refractivity contribution in [1.82, 2.24) is 7.99 Å². The summed E-state index contributed by atoms with van der Waals surface area (Å²) in [6.45, 7) is 0. The molecule has 0 amide bonds. The first-order valence-electron chi connectivity index (χ1n) is 7.33. The summed E-state index contributed by atoms with van der Waals surface area (Å²) in [6.07, 6.45) is 7.41. The smallest absolute Gasteiger partial charge is 0.0847 e. The van der Waals surface area contributed by atoms with E-state index in [-0.39, 0.29) is 5.41 Å². The van der Waals surface area contributed by atoms with Gasteiger partial charge in [-0.25, -0.2) is 2.90 Å². The number of fused-ring (bicyclic) bond motifs is 1. The minimum absolute atomic E-state index is 0.127. The van der Waals surface area contributed by atoms with Crippen LogP contribution in [0.3, 0.4) is 0 Å². The lowest BCUT2D eigenvalue weighted by Gasteiger charge is -2.34. The summed E-state index contributed by atoms with van der Waals surface area (Å²) < 4.78 is 1.97. The zero-order valence-corrected chi connectivity index (χ0v) is 14.1. The molecule has 0 saturated carbocycles. The minimum Gasteiger partial charge on any atom is -0.208 e. The highest BCUT2D eigenvalue weighted by molar-refractivity contribution is 14.1. The highest BCUT2D eigenvalue weighted by atomic mass is 127. The lowest BCUT2D eigenvalue weighted by molar-refractivity contribution is 0.618. The van der Waals surface area contributed by atoms with Crippen LogP contribution < -0.4 is 0 Å². The van der Waals surface area contributed by atoms with Gasteiger partial charge in [0, 0.05) is 17.4 Å². The van der Waals surface area contributed by atoms with Crippen LogP contribution in [0.5, 0.6) is 0 Å². The second-order valence-corrected chi connectivity index (χ2v) is 6.53. The summed E-state index contributed by atoms with van der Waals surface area (Å²) in [7, 11) is 0. The quantitative estimate of drug-likeness (QED) is 0.576. The van der Waals surface area contributed by atoms with E-state index in [1.54, 1.807) is 0 Å². The molecule has 0 atom stereocenters. The Morgan fingerprint density at radius 1 is 0.909 bits per heavy atom. The molecule has 1 aromatic heterocycles. The molecule has 2 nitrogen and oxygen atoms in total. The van der Waals surface area contributed by atoms with Crippen molar-refractivity contribution in [3.63, 3.8) is 0 Å². The van der Waals surface area contributed by atoms with Crippen LogP contribution in [0.1, 0.15) is 22.4 Å². The average molecular weight is 398 g/mol. The standard InChI is InChI=1S/C19H15IN2/c20-22-18-13-19(12-11-15(18)14-21-22,16-7-3-1-4-8-16)17-9-5-2-6-10-17/h1-12,14H,13H2. The molecule has 0 unspecified atom stereocenters. The molecule has 22 heavy (non-hydrogen) atoms. The maximum atomic E-state index is 4.40. The molecular formula is C19H15IN2. The second kappa shape index (κ2) is 5.39. The Balaban J connectivity index is 1.94. The van der Waals surface area contributed by atoms with Gasteiger partial charge in [-0.05, 0) is 11.1 Å². The molecule has 1 heterocycles. The van der Waals surface area contributed by atoms with Crippen molar-refractivity contribution in [1.29, 1.82) is 0 Å². The number of halogens is 1. The molecule has 3 heteroatoms. The van der Waals surface area contributed by atoms with E-state index < -0.39 is 0 Å². The molecule has 3 aromatic rings. The van der Waals surface area contributed by atoms with Crippen LogP contribution in [0.25, 0.3) is 6.08 Å². The molecule has 0 N–H and O–H groups in total. The Hall–Kier alpha value is -1.88. The van der Waals surface area contributed by atoms with Gasteiger partial charge in [-0.2, -0.15) is 5.10 Å². The summed E-state index contributed by atoms with van der Waals surface area (Å²) >= 11 is 2.27. The number of nitrogens with zero attached hydrogens (tertiary/aromatic N) is 2. The van der Waals surface area contributed by atoms with Gasteiger partial charge < -0.3 is 0 Å². The van der Waals surface area contributed by atoms with Crippen molar-refractivity contribution < 1.29 is 0 Å². The molecule has 0 spiro atoms. The summed E-state index contributed by atoms with van der Waals surface area (Å²) in [4.78, 5) is 0. The van der Waals surface area contributed by atoms with Crippen molar-refractivity contribution in [2.24, 2.45) is 0 Å². The summed E-state index contributed by atoms with van der Waals surface area (Å²) in [6, 6.07) is 21.5. The molecule has 108 valence electrons. The van der Waals surface area contributed by atoms with Gasteiger partial charge in [0.1, 0.15) is 0 Å². The van der Waals surface area contributed by atoms with Gasteiger partial charge in [0.25, 0.3) is 0 Å². The molecule has 0 aliphatic heterocycles. The third-order valence-corrected chi connectivity index (χ3v) is 5.26. The molecular weight excluding hydrogens is 383 g/mol. The zero-order chi connectivity index (χ0) is 15.0. The van der Waals surface area contributed by atoms with Crippen LogP contribution >= 0.6 is 22.9 Å². The third-order valence-electron chi connectivity index (χ3n) is 4.43. The van der Waals surface area contributed by atoms with Crippen molar-refractivity contribution in [2.45, 2.75) is 11.8 Å². The van der Waals surface area contributed by atoms with Gasteiger partial charge in [-0.1, -0.05) is 72.8 Å². The van der Waals surface area contributed by atoms with E-state index in [1.165, 1.54) is 22.4 Å². The predicted octanol–water partition coefficient (Wildman–Crippen LogP) is 4.64. The summed E-state index contributed by atoms with van der Waals surface area (Å²) in [5, 5.41) is 4.40. The minimum atomic E-state index is -0.127. The van der Waals surface area contributed by atoms with Crippen LogP contribution in [0.2, 0.25) is 0 Å². The summed E-state index contributed by atoms with van der Waals surface area (Å²) in [5.74, 6) is 0. The maximum Gasteiger partial charge on any atom is 0.0847 e. The van der Waals surface area contributed by atoms with Crippen molar-refractivity contribution in [3.05, 3.63) is 95.3 Å². The summed E-state index contributed by atoms with van der Waals surface area (Å²) in [5.41, 5.74) is 5.01. The van der Waals surface area contributed by atoms with Crippen molar-refractivity contribution >= 4 is 28.9 Å². The van der Waals surface area contributed by atoms with Crippen LogP contribution in [0.4, 0.5) is 0 Å². The highest BCUT2D eigenvalue weighted by Gasteiger charge is 2.36. The van der Waals surface area contributed by atoms with Crippen LogP contribution in [-0.4, -0.2) is 7.99 Å². The van der Waals surface area contributed by atoms with Crippen molar-refractivity contribution in [3.8, 4) is 0 Å². The third kappa shape index (κ3) is 2.11. The van der Waals surface area contributed by atoms with E-state index in [4.69, 9.17) is 0 Å². The predicted molar refractivity (Wildman–Crippen MR) is 98.0 cm³/mol. The fourth-order valence-corrected chi connectivity index (χ4v) is 3.83. The number of hydrogen-bond acceptors (Lipinski definition) is 1. The maximum absolute atomic E-state index is 4.40. The Bertz CT molecular complexity index is 780. The van der Waals surface area contributed by atoms with E-state index in [9.17, 15) is 0 Å². The van der Waals surface area contributed by atoms with Crippen LogP contribution in [-0.2, 0) is 11.8 Å². The molecule has 0 saturated heterocycles. The van der Waals surface area contributed by atoms with E-state index >= 15 is 0 Å². The van der Waals surface area contributed by atoms with Crippen LogP contribution in [0.15, 0.2) is 72.9 Å². The fourth-order valence-electron chi connectivity index (χ4n) is 3.26. The number of hydrogen-bond donors (Lipinski definition) is 0. The first-order valence-corrected chi connectivity index (χ1v) is 8.29. The molecule has 0 fully saturated rings. The number of rotatable bonds is 2. The number of allylic oxidation sites excluding steroid dienone is 1. The van der Waals surface area contributed by atoms with E-state index in [1.807, 2.05) is 9.09 Å². The molecule has 1 aliphatic carbocycles. The molecule has 0 bridgehead atoms. The Labute approximate surface area is 144 Å². The Kier molecular flexibility index (Phi) is 3.37. The highest BCUT2D eigenvalue weighted by Crippen LogP contribution is 2.41. The monoisotopic (exact) mass is 398 g/mol. The largest absolute Gasteiger partial charge is 0.208 e. The molecule has 4 rings (SSSR count). The molecule has 0 radical (unpaired) electrons. The van der Waals surface area contributed by atoms with Gasteiger partial charge in [-0.3, -0.25) is 0 Å². The topological polar surface area (TPSA) is 17.8 Å². The number of benzene rings is 2. The molecule has 2 aromatic carbocycles. The first kappa shape index (κ1) is 13.8. The Morgan fingerprint density at radius 2 is 1.50 bits per heavy atom. The average Bonchev–Trinajstić information content (AvgIpc) is 2.97. The SMILES string of the molecule is In1ncc2c1CC(c1ccccc1)(c1ccccc1)C=C2. The first-order chi connectivity index (χ1) is 10.8. The van der Waals surface area contributed by atoms with Gasteiger partial charge in [0.05, 0.1) is 34.8 Å². The number of aromatic nitrogens is 2. The lowest BCUT2D eigenvalue weighted by atomic mass is 9.69.